The van der Waals surface area contributed by atoms with Crippen LogP contribution in [-0.2, 0) is 16.1 Å². The van der Waals surface area contributed by atoms with Gasteiger partial charge in [0.15, 0.2) is 10.7 Å². The van der Waals surface area contributed by atoms with Crippen LogP contribution in [0.15, 0.2) is 51.7 Å². The molecule has 32 heavy (non-hydrogen) atoms. The summed E-state index contributed by atoms with van der Waals surface area (Å²) in [6, 6.07) is 12.8. The van der Waals surface area contributed by atoms with Crippen molar-refractivity contribution in [3.8, 4) is 5.75 Å². The first kappa shape index (κ1) is 20.7. The maximum atomic E-state index is 13.5. The molecule has 1 atom stereocenters. The van der Waals surface area contributed by atoms with Crippen molar-refractivity contribution in [3.05, 3.63) is 53.0 Å². The summed E-state index contributed by atoms with van der Waals surface area (Å²) in [6.07, 6.45) is 1.79. The molecule has 1 saturated heterocycles. The molecule has 1 aliphatic rings. The summed E-state index contributed by atoms with van der Waals surface area (Å²) in [5, 5.41) is 0.563. The number of carbonyl (C=O) groups is 1. The van der Waals surface area contributed by atoms with Gasteiger partial charge in [-0.2, -0.15) is 0 Å². The molecule has 9 heteroatoms. The van der Waals surface area contributed by atoms with E-state index in [1.165, 1.54) is 15.9 Å². The number of aromatic nitrogens is 2. The van der Waals surface area contributed by atoms with Crippen molar-refractivity contribution in [2.45, 2.75) is 32.4 Å². The van der Waals surface area contributed by atoms with Crippen molar-refractivity contribution in [2.24, 2.45) is 0 Å². The number of carbonyl (C=O) groups excluding carboxylic acids is 1. The molecule has 1 unspecified atom stereocenters. The van der Waals surface area contributed by atoms with Gasteiger partial charge in [-0.1, -0.05) is 29.5 Å². The highest BCUT2D eigenvalue weighted by molar-refractivity contribution is 7.22. The third kappa shape index (κ3) is 3.89. The first-order valence-electron chi connectivity index (χ1n) is 10.7. The van der Waals surface area contributed by atoms with Crippen LogP contribution in [0.3, 0.4) is 0 Å². The Morgan fingerprint density at radius 1 is 1.28 bits per heavy atom. The molecular weight excluding hydrogens is 430 g/mol. The average Bonchev–Trinajstić information content (AvgIpc) is 3.52. The number of oxazole rings is 1. The van der Waals surface area contributed by atoms with Gasteiger partial charge < -0.3 is 13.9 Å². The number of fused-ring (bicyclic) bond motifs is 2. The number of nitrogens with zero attached hydrogens (tertiary/aromatic N) is 3. The Balaban J connectivity index is 1.51. The van der Waals surface area contributed by atoms with E-state index in [0.29, 0.717) is 41.7 Å². The summed E-state index contributed by atoms with van der Waals surface area (Å²) in [4.78, 5) is 32.3. The molecule has 0 radical (unpaired) electrons. The zero-order chi connectivity index (χ0) is 22.1. The normalized spacial score (nSPS) is 16.1. The molecule has 2 aromatic carbocycles. The van der Waals surface area contributed by atoms with Gasteiger partial charge in [0.25, 0.3) is 0 Å². The highest BCUT2D eigenvalue weighted by atomic mass is 32.1. The Morgan fingerprint density at radius 3 is 2.97 bits per heavy atom. The number of rotatable bonds is 7. The van der Waals surface area contributed by atoms with E-state index >= 15 is 0 Å². The van der Waals surface area contributed by atoms with E-state index in [2.05, 4.69) is 0 Å². The lowest BCUT2D eigenvalue weighted by molar-refractivity contribution is -0.119. The summed E-state index contributed by atoms with van der Waals surface area (Å²) in [7, 11) is 0. The number of hydrogen-bond donors (Lipinski definition) is 0. The van der Waals surface area contributed by atoms with Crippen molar-refractivity contribution in [1.82, 2.24) is 9.55 Å². The van der Waals surface area contributed by atoms with Gasteiger partial charge in [-0.3, -0.25) is 14.3 Å². The van der Waals surface area contributed by atoms with E-state index in [1.54, 1.807) is 23.1 Å². The van der Waals surface area contributed by atoms with Gasteiger partial charge in [-0.05, 0) is 44.0 Å². The highest BCUT2D eigenvalue weighted by Crippen LogP contribution is 2.35. The third-order valence-corrected chi connectivity index (χ3v) is 6.52. The van der Waals surface area contributed by atoms with Gasteiger partial charge in [-0.25, -0.2) is 9.78 Å². The smallest absolute Gasteiger partial charge is 0.420 e. The quantitative estimate of drug-likeness (QED) is 0.423. The summed E-state index contributed by atoms with van der Waals surface area (Å²) >= 11 is 1.43. The fraction of sp³-hybridized carbons (Fsp3) is 0.348. The Bertz CT molecular complexity index is 1320. The van der Waals surface area contributed by atoms with Gasteiger partial charge >= 0.3 is 5.76 Å². The summed E-state index contributed by atoms with van der Waals surface area (Å²) in [5.74, 6) is -0.111. The van der Waals surface area contributed by atoms with Crippen molar-refractivity contribution in [2.75, 3.05) is 24.7 Å². The molecular formula is C23H23N3O5S. The van der Waals surface area contributed by atoms with Gasteiger partial charge in [-0.15, -0.1) is 0 Å². The third-order valence-electron chi connectivity index (χ3n) is 5.48. The zero-order valence-corrected chi connectivity index (χ0v) is 18.5. The molecule has 2 aromatic heterocycles. The number of para-hydroxylation sites is 3. The summed E-state index contributed by atoms with van der Waals surface area (Å²) in [5.41, 5.74) is 1.77. The molecule has 4 aromatic rings. The number of amides is 1. The zero-order valence-electron chi connectivity index (χ0n) is 17.7. The van der Waals surface area contributed by atoms with E-state index in [4.69, 9.17) is 18.9 Å². The molecule has 3 heterocycles. The minimum absolute atomic E-state index is 0.0601. The van der Waals surface area contributed by atoms with Crippen molar-refractivity contribution < 1.29 is 18.7 Å². The molecule has 1 aliphatic heterocycles. The Morgan fingerprint density at radius 2 is 2.16 bits per heavy atom. The van der Waals surface area contributed by atoms with Gasteiger partial charge in [0.1, 0.15) is 17.8 Å². The number of thiazole rings is 1. The molecule has 0 N–H and O–H groups in total. The Hall–Kier alpha value is -3.17. The van der Waals surface area contributed by atoms with Crippen LogP contribution in [0, 0.1) is 0 Å². The Labute approximate surface area is 188 Å². The highest BCUT2D eigenvalue weighted by Gasteiger charge is 2.27. The van der Waals surface area contributed by atoms with Gasteiger partial charge in [0, 0.05) is 6.61 Å². The monoisotopic (exact) mass is 453 g/mol. The van der Waals surface area contributed by atoms with Crippen LogP contribution in [0.2, 0.25) is 0 Å². The second kappa shape index (κ2) is 8.76. The van der Waals surface area contributed by atoms with E-state index in [1.807, 2.05) is 31.2 Å². The first-order valence-corrected chi connectivity index (χ1v) is 11.5. The largest absolute Gasteiger partial charge is 0.492 e. The second-order valence-electron chi connectivity index (χ2n) is 7.59. The van der Waals surface area contributed by atoms with Crippen LogP contribution in [-0.4, -0.2) is 41.3 Å². The lowest BCUT2D eigenvalue weighted by atomic mass is 10.2. The molecule has 1 amide bonds. The predicted octanol–water partition coefficient (Wildman–Crippen LogP) is 3.82. The molecule has 166 valence electrons. The maximum absolute atomic E-state index is 13.5. The SMILES string of the molecule is CCOc1cccc2sc(N(CC3CCCO3)C(=O)Cn3c(=O)oc4ccccc43)nc12. The Kier molecular flexibility index (Phi) is 5.67. The minimum atomic E-state index is -0.556. The average molecular weight is 454 g/mol. The fourth-order valence-electron chi connectivity index (χ4n) is 3.96. The minimum Gasteiger partial charge on any atom is -0.492 e. The summed E-state index contributed by atoms with van der Waals surface area (Å²) in [6.45, 7) is 3.38. The van der Waals surface area contributed by atoms with Gasteiger partial charge in [0.2, 0.25) is 5.91 Å². The molecule has 0 bridgehead atoms. The lowest BCUT2D eigenvalue weighted by Gasteiger charge is -2.23. The second-order valence-corrected chi connectivity index (χ2v) is 8.60. The van der Waals surface area contributed by atoms with Crippen molar-refractivity contribution in [1.29, 1.82) is 0 Å². The first-order chi connectivity index (χ1) is 15.6. The topological polar surface area (TPSA) is 86.8 Å². The number of hydrogen-bond acceptors (Lipinski definition) is 7. The standard InChI is InChI=1S/C23H23N3O5S/c1-2-29-18-10-5-11-19-21(18)24-22(32-19)26(13-15-7-6-12-30-15)20(27)14-25-16-8-3-4-9-17(16)31-23(25)28/h3-5,8-11,15H,2,6-7,12-14H2,1H3. The number of ether oxygens (including phenoxy) is 2. The molecule has 8 nitrogen and oxygen atoms in total. The molecule has 5 rings (SSSR count). The van der Waals surface area contributed by atoms with E-state index in [9.17, 15) is 9.59 Å². The van der Waals surface area contributed by atoms with E-state index in [0.717, 1.165) is 23.1 Å². The van der Waals surface area contributed by atoms with Crippen molar-refractivity contribution in [3.63, 3.8) is 0 Å². The fourth-order valence-corrected chi connectivity index (χ4v) is 4.97. The van der Waals surface area contributed by atoms with Crippen molar-refractivity contribution >= 4 is 43.7 Å². The van der Waals surface area contributed by atoms with Crippen LogP contribution in [0.25, 0.3) is 21.3 Å². The van der Waals surface area contributed by atoms with E-state index < -0.39 is 5.76 Å². The van der Waals surface area contributed by atoms with Crippen LogP contribution < -0.4 is 15.4 Å². The molecule has 0 spiro atoms. The maximum Gasteiger partial charge on any atom is 0.420 e. The number of anilines is 1. The summed E-state index contributed by atoms with van der Waals surface area (Å²) < 4.78 is 19.1. The van der Waals surface area contributed by atoms with Crippen LogP contribution in [0.5, 0.6) is 5.75 Å². The predicted molar refractivity (Wildman–Crippen MR) is 123 cm³/mol. The van der Waals surface area contributed by atoms with Crippen LogP contribution in [0.4, 0.5) is 5.13 Å². The number of benzene rings is 2. The molecule has 0 saturated carbocycles. The van der Waals surface area contributed by atoms with E-state index in [-0.39, 0.29) is 18.6 Å². The molecule has 1 fully saturated rings. The molecule has 0 aliphatic carbocycles. The van der Waals surface area contributed by atoms with Crippen LogP contribution in [0.1, 0.15) is 19.8 Å². The van der Waals surface area contributed by atoms with Gasteiger partial charge in [0.05, 0.1) is 29.5 Å². The van der Waals surface area contributed by atoms with Crippen LogP contribution >= 0.6 is 11.3 Å². The lowest BCUT2D eigenvalue weighted by Crippen LogP contribution is -2.40.